The van der Waals surface area contributed by atoms with Gasteiger partial charge in [-0.2, -0.15) is 0 Å². The second kappa shape index (κ2) is 7.84. The standard InChI is InChI=1S/C12H23Br/c13-11-7-2-1-4-8-12-9-5-3-6-10-12/h12H,1-11H2. The molecule has 0 saturated heterocycles. The van der Waals surface area contributed by atoms with E-state index in [0.29, 0.717) is 0 Å². The third kappa shape index (κ3) is 5.72. The van der Waals surface area contributed by atoms with Crippen molar-refractivity contribution < 1.29 is 0 Å². The topological polar surface area (TPSA) is 0 Å². The summed E-state index contributed by atoms with van der Waals surface area (Å²) in [7, 11) is 0. The van der Waals surface area contributed by atoms with E-state index in [2.05, 4.69) is 15.9 Å². The van der Waals surface area contributed by atoms with E-state index in [0.717, 1.165) is 5.92 Å². The van der Waals surface area contributed by atoms with Crippen molar-refractivity contribution >= 4 is 15.9 Å². The van der Waals surface area contributed by atoms with Crippen LogP contribution in [0.4, 0.5) is 0 Å². The average molecular weight is 247 g/mol. The van der Waals surface area contributed by atoms with Gasteiger partial charge in [0.2, 0.25) is 0 Å². The Morgan fingerprint density at radius 1 is 0.846 bits per heavy atom. The summed E-state index contributed by atoms with van der Waals surface area (Å²) in [5, 5.41) is 1.19. The molecule has 0 radical (unpaired) electrons. The molecular weight excluding hydrogens is 224 g/mol. The Morgan fingerprint density at radius 3 is 2.23 bits per heavy atom. The van der Waals surface area contributed by atoms with E-state index in [-0.39, 0.29) is 0 Å². The molecule has 1 fully saturated rings. The zero-order valence-electron chi connectivity index (χ0n) is 8.73. The predicted molar refractivity (Wildman–Crippen MR) is 63.5 cm³/mol. The van der Waals surface area contributed by atoms with Gasteiger partial charge in [-0.1, -0.05) is 73.7 Å². The van der Waals surface area contributed by atoms with E-state index in [1.807, 2.05) is 0 Å². The molecule has 0 spiro atoms. The zero-order chi connectivity index (χ0) is 9.36. The number of halogens is 1. The normalized spacial score (nSPS) is 19.2. The maximum Gasteiger partial charge on any atom is 0.00313 e. The van der Waals surface area contributed by atoms with Gasteiger partial charge in [-0.25, -0.2) is 0 Å². The second-order valence-electron chi connectivity index (χ2n) is 4.40. The summed E-state index contributed by atoms with van der Waals surface area (Å²) in [5.41, 5.74) is 0. The Hall–Kier alpha value is 0.480. The van der Waals surface area contributed by atoms with Gasteiger partial charge in [0.1, 0.15) is 0 Å². The monoisotopic (exact) mass is 246 g/mol. The number of hydrogen-bond donors (Lipinski definition) is 0. The molecule has 1 heteroatoms. The molecule has 0 bridgehead atoms. The summed E-state index contributed by atoms with van der Waals surface area (Å²) >= 11 is 3.48. The zero-order valence-corrected chi connectivity index (χ0v) is 10.3. The molecule has 0 atom stereocenters. The first-order valence-corrected chi connectivity index (χ1v) is 7.11. The van der Waals surface area contributed by atoms with Crippen molar-refractivity contribution in [3.8, 4) is 0 Å². The van der Waals surface area contributed by atoms with E-state index >= 15 is 0 Å². The van der Waals surface area contributed by atoms with E-state index < -0.39 is 0 Å². The fourth-order valence-electron chi connectivity index (χ4n) is 2.36. The van der Waals surface area contributed by atoms with Crippen LogP contribution in [0.1, 0.15) is 64.2 Å². The SMILES string of the molecule is BrCCCCCCC1CCCCC1. The first-order valence-electron chi connectivity index (χ1n) is 5.99. The quantitative estimate of drug-likeness (QED) is 0.462. The molecule has 1 aliphatic carbocycles. The van der Waals surface area contributed by atoms with Crippen LogP contribution in [0, 0.1) is 5.92 Å². The van der Waals surface area contributed by atoms with E-state index in [1.165, 1.54) is 69.5 Å². The van der Waals surface area contributed by atoms with Crippen molar-refractivity contribution in [1.29, 1.82) is 0 Å². The number of alkyl halides is 1. The highest BCUT2D eigenvalue weighted by Crippen LogP contribution is 2.27. The van der Waals surface area contributed by atoms with Crippen LogP contribution in [0.25, 0.3) is 0 Å². The largest absolute Gasteiger partial charge is 0.0928 e. The second-order valence-corrected chi connectivity index (χ2v) is 5.19. The van der Waals surface area contributed by atoms with Gasteiger partial charge in [0, 0.05) is 5.33 Å². The van der Waals surface area contributed by atoms with Gasteiger partial charge in [0.25, 0.3) is 0 Å². The lowest BCUT2D eigenvalue weighted by molar-refractivity contribution is 0.328. The molecule has 0 nitrogen and oxygen atoms in total. The van der Waals surface area contributed by atoms with Crippen LogP contribution in [0.2, 0.25) is 0 Å². The Labute approximate surface area is 91.6 Å². The summed E-state index contributed by atoms with van der Waals surface area (Å²) in [4.78, 5) is 0. The number of unbranched alkanes of at least 4 members (excludes halogenated alkanes) is 3. The predicted octanol–water partition coefficient (Wildman–Crippen LogP) is 4.91. The molecule has 0 aromatic carbocycles. The third-order valence-electron chi connectivity index (χ3n) is 3.22. The van der Waals surface area contributed by atoms with E-state index in [4.69, 9.17) is 0 Å². The molecule has 0 amide bonds. The van der Waals surface area contributed by atoms with Crippen molar-refractivity contribution in [2.24, 2.45) is 5.92 Å². The Kier molecular flexibility index (Phi) is 6.97. The summed E-state index contributed by atoms with van der Waals surface area (Å²) in [6.45, 7) is 0. The first-order chi connectivity index (χ1) is 6.43. The van der Waals surface area contributed by atoms with E-state index in [9.17, 15) is 0 Å². The highest BCUT2D eigenvalue weighted by Gasteiger charge is 2.12. The maximum atomic E-state index is 3.48. The summed E-state index contributed by atoms with van der Waals surface area (Å²) in [6.07, 6.45) is 14.8. The lowest BCUT2D eigenvalue weighted by atomic mass is 9.85. The molecule has 1 aliphatic rings. The number of rotatable bonds is 6. The Balaban J connectivity index is 1.86. The first kappa shape index (κ1) is 11.6. The molecule has 78 valence electrons. The third-order valence-corrected chi connectivity index (χ3v) is 3.78. The lowest BCUT2D eigenvalue weighted by Gasteiger charge is -2.21. The maximum absolute atomic E-state index is 3.48. The highest BCUT2D eigenvalue weighted by atomic mass is 79.9. The van der Waals surface area contributed by atoms with Gasteiger partial charge in [-0.15, -0.1) is 0 Å². The van der Waals surface area contributed by atoms with Gasteiger partial charge >= 0.3 is 0 Å². The molecule has 0 aromatic rings. The van der Waals surface area contributed by atoms with Gasteiger partial charge in [0.05, 0.1) is 0 Å². The van der Waals surface area contributed by atoms with Gasteiger partial charge in [-0.05, 0) is 12.3 Å². The molecule has 1 rings (SSSR count). The van der Waals surface area contributed by atoms with Crippen molar-refractivity contribution in [2.45, 2.75) is 64.2 Å². The minimum absolute atomic E-state index is 1.10. The summed E-state index contributed by atoms with van der Waals surface area (Å²) in [6, 6.07) is 0. The van der Waals surface area contributed by atoms with Crippen molar-refractivity contribution in [3.05, 3.63) is 0 Å². The Morgan fingerprint density at radius 2 is 1.54 bits per heavy atom. The fraction of sp³-hybridized carbons (Fsp3) is 1.00. The molecule has 0 N–H and O–H groups in total. The smallest absolute Gasteiger partial charge is 0.00313 e. The van der Waals surface area contributed by atoms with Crippen molar-refractivity contribution in [3.63, 3.8) is 0 Å². The van der Waals surface area contributed by atoms with Crippen LogP contribution in [0.5, 0.6) is 0 Å². The molecule has 0 aromatic heterocycles. The Bertz CT molecular complexity index is 106. The van der Waals surface area contributed by atoms with Crippen molar-refractivity contribution in [1.82, 2.24) is 0 Å². The van der Waals surface area contributed by atoms with Crippen LogP contribution in [-0.2, 0) is 0 Å². The van der Waals surface area contributed by atoms with Gasteiger partial charge in [-0.3, -0.25) is 0 Å². The van der Waals surface area contributed by atoms with Crippen LogP contribution in [0.3, 0.4) is 0 Å². The lowest BCUT2D eigenvalue weighted by Crippen LogP contribution is -2.05. The fourth-order valence-corrected chi connectivity index (χ4v) is 2.75. The molecule has 0 aliphatic heterocycles. The van der Waals surface area contributed by atoms with Gasteiger partial charge in [0.15, 0.2) is 0 Å². The summed E-state index contributed by atoms with van der Waals surface area (Å²) in [5.74, 6) is 1.10. The molecule has 1 saturated carbocycles. The molecule has 0 unspecified atom stereocenters. The van der Waals surface area contributed by atoms with Crippen LogP contribution in [-0.4, -0.2) is 5.33 Å². The minimum atomic E-state index is 1.10. The number of hydrogen-bond acceptors (Lipinski definition) is 0. The average Bonchev–Trinajstić information content (AvgIpc) is 2.19. The van der Waals surface area contributed by atoms with E-state index in [1.54, 1.807) is 0 Å². The molecule has 0 heterocycles. The minimum Gasteiger partial charge on any atom is -0.0928 e. The van der Waals surface area contributed by atoms with Crippen LogP contribution in [0.15, 0.2) is 0 Å². The van der Waals surface area contributed by atoms with Crippen LogP contribution < -0.4 is 0 Å². The molecular formula is C12H23Br. The molecule has 13 heavy (non-hydrogen) atoms. The summed E-state index contributed by atoms with van der Waals surface area (Å²) < 4.78 is 0. The van der Waals surface area contributed by atoms with Gasteiger partial charge < -0.3 is 0 Å². The van der Waals surface area contributed by atoms with Crippen LogP contribution >= 0.6 is 15.9 Å². The highest BCUT2D eigenvalue weighted by molar-refractivity contribution is 9.09. The van der Waals surface area contributed by atoms with Crippen molar-refractivity contribution in [2.75, 3.05) is 5.33 Å².